The molecule has 0 radical (unpaired) electrons. The van der Waals surface area contributed by atoms with E-state index in [1.54, 1.807) is 0 Å². The smallest absolute Gasteiger partial charge is 0.164 e. The molecule has 0 N–H and O–H groups in total. The summed E-state index contributed by atoms with van der Waals surface area (Å²) in [5.74, 6) is 1.86. The van der Waals surface area contributed by atoms with Crippen molar-refractivity contribution in [2.75, 3.05) is 0 Å². The number of pyridine rings is 1. The van der Waals surface area contributed by atoms with Crippen molar-refractivity contribution < 1.29 is 4.42 Å². The van der Waals surface area contributed by atoms with Crippen LogP contribution in [0.15, 0.2) is 162 Å². The van der Waals surface area contributed by atoms with E-state index in [1.165, 1.54) is 22.3 Å². The minimum absolute atomic E-state index is 0.0854. The molecule has 1 aliphatic carbocycles. The highest BCUT2D eigenvalue weighted by atomic mass is 16.3. The summed E-state index contributed by atoms with van der Waals surface area (Å²) in [5, 5.41) is 5.32. The van der Waals surface area contributed by atoms with Gasteiger partial charge in [-0.1, -0.05) is 129 Å². The van der Waals surface area contributed by atoms with Gasteiger partial charge in [0, 0.05) is 54.6 Å². The van der Waals surface area contributed by atoms with E-state index in [0.717, 1.165) is 71.6 Å². The van der Waals surface area contributed by atoms with Crippen LogP contribution in [0.4, 0.5) is 0 Å². The third kappa shape index (κ3) is 4.58. The van der Waals surface area contributed by atoms with Crippen molar-refractivity contribution in [1.82, 2.24) is 19.9 Å². The highest BCUT2D eigenvalue weighted by molar-refractivity contribution is 6.28. The second-order valence-electron chi connectivity index (χ2n) is 14.6. The van der Waals surface area contributed by atoms with E-state index in [2.05, 4.69) is 123 Å². The van der Waals surface area contributed by atoms with Gasteiger partial charge >= 0.3 is 0 Å². The van der Waals surface area contributed by atoms with Crippen LogP contribution >= 0.6 is 0 Å². The van der Waals surface area contributed by atoms with Gasteiger partial charge in [-0.25, -0.2) is 19.9 Å². The second-order valence-corrected chi connectivity index (χ2v) is 14.6. The maximum absolute atomic E-state index is 6.41. The van der Waals surface area contributed by atoms with Crippen LogP contribution in [0.3, 0.4) is 0 Å². The molecule has 3 heterocycles. The van der Waals surface area contributed by atoms with Gasteiger partial charge in [-0.05, 0) is 64.7 Å². The molecule has 10 aromatic rings. The fourth-order valence-electron chi connectivity index (χ4n) is 8.47. The molecule has 0 atom stereocenters. The first-order chi connectivity index (χ1) is 26.5. The Hall–Kier alpha value is -6.98. The average Bonchev–Trinajstić information content (AvgIpc) is 3.72. The third-order valence-corrected chi connectivity index (χ3v) is 11.1. The number of aromatic nitrogens is 4. The Morgan fingerprint density at radius 2 is 1.04 bits per heavy atom. The first-order valence-corrected chi connectivity index (χ1v) is 18.3. The molecule has 0 spiro atoms. The Morgan fingerprint density at radius 3 is 1.83 bits per heavy atom. The number of hydrogen-bond donors (Lipinski definition) is 0. The van der Waals surface area contributed by atoms with Gasteiger partial charge in [0.15, 0.2) is 17.5 Å². The summed E-state index contributed by atoms with van der Waals surface area (Å²) in [6.07, 6.45) is 0. The monoisotopic (exact) mass is 692 g/mol. The lowest BCUT2D eigenvalue weighted by atomic mass is 9.82. The Bertz CT molecular complexity index is 3130. The van der Waals surface area contributed by atoms with Gasteiger partial charge in [-0.15, -0.1) is 0 Å². The summed E-state index contributed by atoms with van der Waals surface area (Å²) < 4.78 is 6.41. The highest BCUT2D eigenvalue weighted by Gasteiger charge is 2.35. The lowest BCUT2D eigenvalue weighted by Crippen LogP contribution is -2.14. The third-order valence-electron chi connectivity index (χ3n) is 11.1. The molecule has 0 saturated heterocycles. The number of benzene rings is 7. The summed E-state index contributed by atoms with van der Waals surface area (Å²) in [4.78, 5) is 20.7. The lowest BCUT2D eigenvalue weighted by Gasteiger charge is -2.21. The molecule has 0 aliphatic heterocycles. The molecule has 54 heavy (non-hydrogen) atoms. The van der Waals surface area contributed by atoms with Crippen LogP contribution < -0.4 is 0 Å². The van der Waals surface area contributed by atoms with Crippen LogP contribution in [0.2, 0.25) is 0 Å². The van der Waals surface area contributed by atoms with Crippen molar-refractivity contribution in [3.63, 3.8) is 0 Å². The fourth-order valence-corrected chi connectivity index (χ4v) is 8.47. The summed E-state index contributed by atoms with van der Waals surface area (Å²) in [5.41, 5.74) is 12.4. The number of para-hydroxylation sites is 1. The Labute approximate surface area is 311 Å². The van der Waals surface area contributed by atoms with Gasteiger partial charge in [-0.3, -0.25) is 0 Å². The second kappa shape index (κ2) is 11.5. The van der Waals surface area contributed by atoms with Gasteiger partial charge in [0.25, 0.3) is 0 Å². The molecular formula is C49H32N4O. The van der Waals surface area contributed by atoms with Crippen LogP contribution in [0.25, 0.3) is 100 Å². The number of furan rings is 1. The fraction of sp³-hybridized carbons (Fsp3) is 0.0612. The van der Waals surface area contributed by atoms with Crippen LogP contribution in [0.1, 0.15) is 25.0 Å². The molecule has 11 rings (SSSR count). The molecule has 0 amide bonds. The quantitative estimate of drug-likeness (QED) is 0.172. The zero-order valence-electron chi connectivity index (χ0n) is 29.7. The first-order valence-electron chi connectivity index (χ1n) is 18.3. The van der Waals surface area contributed by atoms with E-state index in [4.69, 9.17) is 24.4 Å². The van der Waals surface area contributed by atoms with E-state index in [9.17, 15) is 0 Å². The van der Waals surface area contributed by atoms with Gasteiger partial charge in [0.2, 0.25) is 0 Å². The number of nitrogens with zero attached hydrogens (tertiary/aromatic N) is 4. The van der Waals surface area contributed by atoms with Crippen molar-refractivity contribution in [3.8, 4) is 56.5 Å². The van der Waals surface area contributed by atoms with Gasteiger partial charge < -0.3 is 4.42 Å². The molecule has 5 heteroatoms. The van der Waals surface area contributed by atoms with Crippen LogP contribution in [0, 0.1) is 0 Å². The van der Waals surface area contributed by atoms with E-state index >= 15 is 0 Å². The van der Waals surface area contributed by atoms with Gasteiger partial charge in [0.05, 0.1) is 11.2 Å². The SMILES string of the molecule is CC1(C)c2ccccc2-c2cc(-c3nc(-c4ccccc4)nc(-c4ccc5nc(-c6ccccc6)c6ccc7oc8ccccc8c7c6c5c4)n3)ccc21. The summed E-state index contributed by atoms with van der Waals surface area (Å²) in [6.45, 7) is 4.60. The molecule has 1 aliphatic rings. The zero-order chi connectivity index (χ0) is 36.0. The largest absolute Gasteiger partial charge is 0.456 e. The number of hydrogen-bond acceptors (Lipinski definition) is 5. The Morgan fingerprint density at radius 1 is 0.407 bits per heavy atom. The van der Waals surface area contributed by atoms with Crippen LogP contribution in [-0.2, 0) is 5.41 Å². The van der Waals surface area contributed by atoms with Gasteiger partial charge in [-0.2, -0.15) is 0 Å². The average molecular weight is 693 g/mol. The number of rotatable bonds is 4. The topological polar surface area (TPSA) is 64.7 Å². The van der Waals surface area contributed by atoms with Crippen LogP contribution in [0.5, 0.6) is 0 Å². The summed E-state index contributed by atoms with van der Waals surface area (Å²) in [6, 6.07) is 54.7. The van der Waals surface area contributed by atoms with Crippen LogP contribution in [-0.4, -0.2) is 19.9 Å². The van der Waals surface area contributed by atoms with Crippen molar-refractivity contribution in [1.29, 1.82) is 0 Å². The van der Waals surface area contributed by atoms with Crippen molar-refractivity contribution in [2.45, 2.75) is 19.3 Å². The maximum atomic E-state index is 6.41. The minimum atomic E-state index is -0.0854. The molecule has 254 valence electrons. The first kappa shape index (κ1) is 30.6. The number of fused-ring (bicyclic) bond motifs is 10. The van der Waals surface area contributed by atoms with Crippen molar-refractivity contribution in [3.05, 3.63) is 169 Å². The van der Waals surface area contributed by atoms with Crippen molar-refractivity contribution >= 4 is 43.6 Å². The maximum Gasteiger partial charge on any atom is 0.164 e. The van der Waals surface area contributed by atoms with E-state index in [0.29, 0.717) is 17.5 Å². The molecule has 3 aromatic heterocycles. The summed E-state index contributed by atoms with van der Waals surface area (Å²) >= 11 is 0. The standard InChI is InChI=1S/C49H32N4O/c1-49(2)38-19-11-9-17-33(38)36-27-31(21-24-39(36)49)47-51-46(30-15-7-4-8-16-30)52-48(53-47)32-22-25-40-37(28-32)43-35(45(50-40)29-13-5-3-6-14-29)23-26-42-44(43)34-18-10-12-20-41(34)54-42/h3-28H,1-2H3. The Balaban J connectivity index is 1.17. The predicted octanol–water partition coefficient (Wildman–Crippen LogP) is 12.4. The molecule has 0 bridgehead atoms. The molecular weight excluding hydrogens is 661 g/mol. The Kier molecular flexibility index (Phi) is 6.53. The van der Waals surface area contributed by atoms with Gasteiger partial charge in [0.1, 0.15) is 11.2 Å². The molecule has 0 saturated carbocycles. The van der Waals surface area contributed by atoms with E-state index in [1.807, 2.05) is 48.5 Å². The normalized spacial score (nSPS) is 13.1. The molecule has 7 aromatic carbocycles. The highest BCUT2D eigenvalue weighted by Crippen LogP contribution is 2.49. The van der Waals surface area contributed by atoms with E-state index in [-0.39, 0.29) is 5.41 Å². The molecule has 0 fully saturated rings. The lowest BCUT2D eigenvalue weighted by molar-refractivity contribution is 0.660. The minimum Gasteiger partial charge on any atom is -0.456 e. The van der Waals surface area contributed by atoms with E-state index < -0.39 is 0 Å². The molecule has 5 nitrogen and oxygen atoms in total. The predicted molar refractivity (Wildman–Crippen MR) is 219 cm³/mol. The summed E-state index contributed by atoms with van der Waals surface area (Å²) in [7, 11) is 0. The molecule has 0 unspecified atom stereocenters. The zero-order valence-corrected chi connectivity index (χ0v) is 29.7. The van der Waals surface area contributed by atoms with Crippen molar-refractivity contribution in [2.24, 2.45) is 0 Å².